The van der Waals surface area contributed by atoms with Crippen LogP contribution in [0.5, 0.6) is 0 Å². The van der Waals surface area contributed by atoms with Crippen LogP contribution in [0.3, 0.4) is 0 Å². The molecule has 0 aliphatic rings. The number of aliphatic hydroxyl groups excluding tert-OH is 2. The van der Waals surface area contributed by atoms with Crippen molar-refractivity contribution in [3.8, 4) is 0 Å². The van der Waals surface area contributed by atoms with Crippen molar-refractivity contribution in [1.29, 1.82) is 0 Å². The minimum Gasteiger partial charge on any atom is -0.394 e. The van der Waals surface area contributed by atoms with Crippen molar-refractivity contribution in [2.24, 2.45) is 0 Å². The zero-order chi connectivity index (χ0) is 10.6. The first-order valence-electron chi connectivity index (χ1n) is 4.12. The van der Waals surface area contributed by atoms with Gasteiger partial charge >= 0.3 is 0 Å². The van der Waals surface area contributed by atoms with Crippen LogP contribution in [-0.2, 0) is 0 Å². The fourth-order valence-electron chi connectivity index (χ4n) is 0.933. The molecule has 1 aromatic carbocycles. The first-order chi connectivity index (χ1) is 6.65. The molecule has 1 aromatic rings. The Morgan fingerprint density at radius 1 is 1.50 bits per heavy atom. The summed E-state index contributed by atoms with van der Waals surface area (Å²) in [5.74, 6) is -0.518. The number of halogens is 2. The SMILES string of the molecule is OCC(O)CNc1cccc(F)c1Cl. The van der Waals surface area contributed by atoms with Gasteiger partial charge in [0.15, 0.2) is 0 Å². The predicted octanol–water partition coefficient (Wildman–Crippen LogP) is 1.24. The lowest BCUT2D eigenvalue weighted by atomic mass is 10.3. The molecule has 0 bridgehead atoms. The van der Waals surface area contributed by atoms with Crippen LogP contribution in [0.25, 0.3) is 0 Å². The predicted molar refractivity (Wildman–Crippen MR) is 53.0 cm³/mol. The largest absolute Gasteiger partial charge is 0.394 e. The summed E-state index contributed by atoms with van der Waals surface area (Å²) in [5.41, 5.74) is 0.402. The maximum atomic E-state index is 12.9. The van der Waals surface area contributed by atoms with Crippen LogP contribution >= 0.6 is 11.6 Å². The summed E-state index contributed by atoms with van der Waals surface area (Å²) in [4.78, 5) is 0. The van der Waals surface area contributed by atoms with E-state index in [1.165, 1.54) is 12.1 Å². The van der Waals surface area contributed by atoms with Crippen molar-refractivity contribution in [1.82, 2.24) is 0 Å². The average molecular weight is 220 g/mol. The smallest absolute Gasteiger partial charge is 0.143 e. The Hall–Kier alpha value is -0.840. The molecule has 3 nitrogen and oxygen atoms in total. The number of anilines is 1. The lowest BCUT2D eigenvalue weighted by molar-refractivity contribution is 0.105. The van der Waals surface area contributed by atoms with Gasteiger partial charge in [-0.3, -0.25) is 0 Å². The monoisotopic (exact) mass is 219 g/mol. The molecule has 14 heavy (non-hydrogen) atoms. The summed E-state index contributed by atoms with van der Waals surface area (Å²) in [7, 11) is 0. The Morgan fingerprint density at radius 3 is 2.86 bits per heavy atom. The van der Waals surface area contributed by atoms with Gasteiger partial charge in [0.1, 0.15) is 5.82 Å². The average Bonchev–Trinajstić information content (AvgIpc) is 2.20. The second kappa shape index (κ2) is 5.14. The molecule has 1 atom stereocenters. The molecule has 0 fully saturated rings. The van der Waals surface area contributed by atoms with Crippen molar-refractivity contribution in [3.63, 3.8) is 0 Å². The van der Waals surface area contributed by atoms with E-state index in [-0.39, 0.29) is 18.2 Å². The van der Waals surface area contributed by atoms with E-state index in [9.17, 15) is 4.39 Å². The van der Waals surface area contributed by atoms with Gasteiger partial charge in [-0.2, -0.15) is 0 Å². The highest BCUT2D eigenvalue weighted by molar-refractivity contribution is 6.33. The second-order valence-electron chi connectivity index (χ2n) is 2.82. The van der Waals surface area contributed by atoms with Crippen molar-refractivity contribution >= 4 is 17.3 Å². The van der Waals surface area contributed by atoms with Gasteiger partial charge in [-0.1, -0.05) is 17.7 Å². The normalized spacial score (nSPS) is 12.6. The van der Waals surface area contributed by atoms with Crippen molar-refractivity contribution in [2.75, 3.05) is 18.5 Å². The van der Waals surface area contributed by atoms with Crippen LogP contribution in [-0.4, -0.2) is 29.5 Å². The van der Waals surface area contributed by atoms with Gasteiger partial charge in [0.25, 0.3) is 0 Å². The molecular formula is C9H11ClFNO2. The maximum absolute atomic E-state index is 12.9. The van der Waals surface area contributed by atoms with Crippen LogP contribution in [0.15, 0.2) is 18.2 Å². The summed E-state index contributed by atoms with van der Waals surface area (Å²) < 4.78 is 12.9. The van der Waals surface area contributed by atoms with Crippen molar-refractivity contribution < 1.29 is 14.6 Å². The second-order valence-corrected chi connectivity index (χ2v) is 3.20. The fourth-order valence-corrected chi connectivity index (χ4v) is 1.13. The molecule has 78 valence electrons. The van der Waals surface area contributed by atoms with Gasteiger partial charge in [0.2, 0.25) is 0 Å². The third kappa shape index (κ3) is 2.83. The number of nitrogens with one attached hydrogen (secondary N) is 1. The van der Waals surface area contributed by atoms with Crippen LogP contribution in [0.4, 0.5) is 10.1 Å². The third-order valence-corrected chi connectivity index (χ3v) is 2.07. The van der Waals surface area contributed by atoms with E-state index in [1.807, 2.05) is 0 Å². The number of aliphatic hydroxyl groups is 2. The van der Waals surface area contributed by atoms with Crippen molar-refractivity contribution in [3.05, 3.63) is 29.0 Å². The fraction of sp³-hybridized carbons (Fsp3) is 0.333. The molecule has 1 unspecified atom stereocenters. The van der Waals surface area contributed by atoms with Gasteiger partial charge in [-0.05, 0) is 12.1 Å². The maximum Gasteiger partial charge on any atom is 0.143 e. The number of rotatable bonds is 4. The zero-order valence-corrected chi connectivity index (χ0v) is 8.13. The van der Waals surface area contributed by atoms with E-state index in [1.54, 1.807) is 6.07 Å². The first-order valence-corrected chi connectivity index (χ1v) is 4.49. The molecule has 5 heteroatoms. The molecule has 0 radical (unpaired) electrons. The van der Waals surface area contributed by atoms with E-state index in [4.69, 9.17) is 21.8 Å². The minimum absolute atomic E-state index is 0.0161. The van der Waals surface area contributed by atoms with Crippen LogP contribution in [0.2, 0.25) is 5.02 Å². The Balaban J connectivity index is 2.63. The molecule has 1 rings (SSSR count). The summed E-state index contributed by atoms with van der Waals surface area (Å²) in [6, 6.07) is 4.35. The van der Waals surface area contributed by atoms with E-state index in [2.05, 4.69) is 5.32 Å². The molecule has 0 amide bonds. The van der Waals surface area contributed by atoms with Gasteiger partial charge in [0, 0.05) is 6.54 Å². The van der Waals surface area contributed by atoms with E-state index in [0.29, 0.717) is 5.69 Å². The Morgan fingerprint density at radius 2 is 2.21 bits per heavy atom. The molecular weight excluding hydrogens is 209 g/mol. The topological polar surface area (TPSA) is 52.5 Å². The lowest BCUT2D eigenvalue weighted by Crippen LogP contribution is -2.23. The summed E-state index contributed by atoms with van der Waals surface area (Å²) in [5, 5.41) is 20.3. The highest BCUT2D eigenvalue weighted by Crippen LogP contribution is 2.24. The number of hydrogen-bond donors (Lipinski definition) is 3. The Kier molecular flexibility index (Phi) is 4.13. The van der Waals surface area contributed by atoms with Crippen LogP contribution in [0.1, 0.15) is 0 Å². The van der Waals surface area contributed by atoms with Crippen molar-refractivity contribution in [2.45, 2.75) is 6.10 Å². The first kappa shape index (κ1) is 11.2. The van der Waals surface area contributed by atoms with E-state index < -0.39 is 11.9 Å². The Labute approximate surface area is 86.1 Å². The molecule has 0 heterocycles. The minimum atomic E-state index is -0.880. The van der Waals surface area contributed by atoms with Crippen LogP contribution < -0.4 is 5.32 Å². The molecule has 0 saturated heterocycles. The van der Waals surface area contributed by atoms with Crippen LogP contribution in [0, 0.1) is 5.82 Å². The molecule has 0 spiro atoms. The van der Waals surface area contributed by atoms with Gasteiger partial charge in [0.05, 0.1) is 23.4 Å². The molecule has 0 aromatic heterocycles. The molecule has 3 N–H and O–H groups in total. The summed E-state index contributed by atoms with van der Waals surface area (Å²) >= 11 is 5.64. The summed E-state index contributed by atoms with van der Waals surface area (Å²) in [6.45, 7) is -0.223. The molecule has 0 aliphatic heterocycles. The van der Waals surface area contributed by atoms with Gasteiger partial charge in [-0.25, -0.2) is 4.39 Å². The summed E-state index contributed by atoms with van der Waals surface area (Å²) in [6.07, 6.45) is -0.880. The highest BCUT2D eigenvalue weighted by Gasteiger charge is 2.06. The number of hydrogen-bond acceptors (Lipinski definition) is 3. The van der Waals surface area contributed by atoms with Gasteiger partial charge in [-0.15, -0.1) is 0 Å². The lowest BCUT2D eigenvalue weighted by Gasteiger charge is -2.11. The standard InChI is InChI=1S/C9H11ClFNO2/c10-9-7(11)2-1-3-8(9)12-4-6(14)5-13/h1-3,6,12-14H,4-5H2. The van der Waals surface area contributed by atoms with E-state index >= 15 is 0 Å². The Bertz CT molecular complexity index is 309. The van der Waals surface area contributed by atoms with E-state index in [0.717, 1.165) is 0 Å². The zero-order valence-electron chi connectivity index (χ0n) is 7.37. The van der Waals surface area contributed by atoms with Gasteiger partial charge < -0.3 is 15.5 Å². The quantitative estimate of drug-likeness (QED) is 0.714. The molecule has 0 saturated carbocycles. The third-order valence-electron chi connectivity index (χ3n) is 1.69. The number of benzene rings is 1. The highest BCUT2D eigenvalue weighted by atomic mass is 35.5. The molecule has 0 aliphatic carbocycles.